The second-order valence-corrected chi connectivity index (χ2v) is 7.24. The Balaban J connectivity index is 1.69. The number of carbonyl (C=O) groups is 2. The lowest BCUT2D eigenvalue weighted by Crippen LogP contribution is -2.56. The summed E-state index contributed by atoms with van der Waals surface area (Å²) in [6, 6.07) is 0. The Hall–Kier alpha value is -1.10. The fourth-order valence-electron chi connectivity index (χ4n) is 5.27. The Kier molecular flexibility index (Phi) is 2.85. The standard InChI is InChI=1S/C14H22N2O3/c1-13-3-9-2-10(4-13)6-14(5-9,8-13)12(18)16-19-7-11(15)17/h9-10H,2-8H2,1H3,(H2,15,17)(H,16,18). The van der Waals surface area contributed by atoms with Gasteiger partial charge in [-0.3, -0.25) is 14.4 Å². The van der Waals surface area contributed by atoms with Crippen molar-refractivity contribution in [1.29, 1.82) is 0 Å². The van der Waals surface area contributed by atoms with Gasteiger partial charge in [0.15, 0.2) is 6.61 Å². The molecule has 5 nitrogen and oxygen atoms in total. The van der Waals surface area contributed by atoms with E-state index >= 15 is 0 Å². The second-order valence-electron chi connectivity index (χ2n) is 7.24. The first kappa shape index (κ1) is 12.9. The molecule has 0 spiro atoms. The molecule has 0 aromatic carbocycles. The minimum Gasteiger partial charge on any atom is -0.368 e. The number of hydrogen-bond acceptors (Lipinski definition) is 3. The first-order chi connectivity index (χ1) is 8.91. The molecule has 4 bridgehead atoms. The average molecular weight is 266 g/mol. The number of nitrogens with one attached hydrogen (secondary N) is 1. The number of carbonyl (C=O) groups excluding carboxylic acids is 2. The predicted molar refractivity (Wildman–Crippen MR) is 68.5 cm³/mol. The summed E-state index contributed by atoms with van der Waals surface area (Å²) in [5, 5.41) is 0. The van der Waals surface area contributed by atoms with Crippen molar-refractivity contribution in [3.63, 3.8) is 0 Å². The van der Waals surface area contributed by atoms with Crippen LogP contribution in [0.1, 0.15) is 45.4 Å². The Morgan fingerprint density at radius 2 is 1.89 bits per heavy atom. The van der Waals surface area contributed by atoms with Crippen LogP contribution in [0, 0.1) is 22.7 Å². The molecule has 0 aromatic heterocycles. The summed E-state index contributed by atoms with van der Waals surface area (Å²) in [6.45, 7) is 2.06. The Bertz CT molecular complexity index is 407. The van der Waals surface area contributed by atoms with Crippen LogP contribution in [0.2, 0.25) is 0 Å². The number of hydrogen-bond donors (Lipinski definition) is 2. The molecular formula is C14H22N2O3. The van der Waals surface area contributed by atoms with Gasteiger partial charge in [-0.2, -0.15) is 0 Å². The average Bonchev–Trinajstić information content (AvgIpc) is 2.24. The number of nitrogens with two attached hydrogens (primary N) is 1. The zero-order valence-electron chi connectivity index (χ0n) is 11.4. The molecule has 0 radical (unpaired) electrons. The number of hydroxylamine groups is 1. The van der Waals surface area contributed by atoms with Gasteiger partial charge in [0.25, 0.3) is 0 Å². The Morgan fingerprint density at radius 3 is 2.42 bits per heavy atom. The van der Waals surface area contributed by atoms with Gasteiger partial charge in [0.1, 0.15) is 0 Å². The third-order valence-electron chi connectivity index (χ3n) is 5.21. The summed E-state index contributed by atoms with van der Waals surface area (Å²) in [4.78, 5) is 28.0. The van der Waals surface area contributed by atoms with Gasteiger partial charge < -0.3 is 5.73 Å². The summed E-state index contributed by atoms with van der Waals surface area (Å²) in [5.74, 6) is 0.758. The van der Waals surface area contributed by atoms with Gasteiger partial charge in [-0.15, -0.1) is 0 Å². The van der Waals surface area contributed by atoms with Crippen molar-refractivity contribution in [2.45, 2.75) is 45.4 Å². The van der Waals surface area contributed by atoms with Crippen LogP contribution in [0.15, 0.2) is 0 Å². The Labute approximate surface area is 113 Å². The molecule has 0 aromatic rings. The third kappa shape index (κ3) is 2.24. The summed E-state index contributed by atoms with van der Waals surface area (Å²) in [6.07, 6.45) is 6.72. The van der Waals surface area contributed by atoms with Crippen LogP contribution in [0.3, 0.4) is 0 Å². The van der Waals surface area contributed by atoms with Crippen LogP contribution in [-0.2, 0) is 14.4 Å². The zero-order chi connectivity index (χ0) is 13.7. The molecule has 2 atom stereocenters. The van der Waals surface area contributed by atoms with E-state index in [4.69, 9.17) is 10.6 Å². The smallest absolute Gasteiger partial charge is 0.249 e. The molecule has 106 valence electrons. The number of rotatable bonds is 4. The van der Waals surface area contributed by atoms with Crippen molar-refractivity contribution in [2.24, 2.45) is 28.4 Å². The van der Waals surface area contributed by atoms with Gasteiger partial charge in [0.05, 0.1) is 5.41 Å². The molecule has 19 heavy (non-hydrogen) atoms. The van der Waals surface area contributed by atoms with Crippen molar-refractivity contribution in [3.8, 4) is 0 Å². The molecule has 4 aliphatic carbocycles. The largest absolute Gasteiger partial charge is 0.368 e. The normalized spacial score (nSPS) is 43.2. The van der Waals surface area contributed by atoms with E-state index in [1.54, 1.807) is 0 Å². The summed E-state index contributed by atoms with van der Waals surface area (Å²) in [5.41, 5.74) is 7.50. The van der Waals surface area contributed by atoms with E-state index in [0.29, 0.717) is 17.3 Å². The molecule has 2 unspecified atom stereocenters. The monoisotopic (exact) mass is 266 g/mol. The number of primary amides is 1. The molecule has 0 saturated heterocycles. The van der Waals surface area contributed by atoms with Crippen LogP contribution >= 0.6 is 0 Å². The molecule has 5 heteroatoms. The SMILES string of the molecule is CC12CC3CC(C1)CC(C(=O)NOCC(N)=O)(C3)C2. The molecular weight excluding hydrogens is 244 g/mol. The van der Waals surface area contributed by atoms with E-state index < -0.39 is 5.91 Å². The summed E-state index contributed by atoms with van der Waals surface area (Å²) in [7, 11) is 0. The minimum atomic E-state index is -0.572. The molecule has 4 aliphatic rings. The maximum atomic E-state index is 12.4. The van der Waals surface area contributed by atoms with Gasteiger partial charge in [-0.05, 0) is 55.8 Å². The van der Waals surface area contributed by atoms with Crippen molar-refractivity contribution in [2.75, 3.05) is 6.61 Å². The highest BCUT2D eigenvalue weighted by molar-refractivity contribution is 5.82. The summed E-state index contributed by atoms with van der Waals surface area (Å²) >= 11 is 0. The molecule has 3 N–H and O–H groups in total. The highest BCUT2D eigenvalue weighted by Crippen LogP contribution is 2.65. The fraction of sp³-hybridized carbons (Fsp3) is 0.857. The first-order valence-electron chi connectivity index (χ1n) is 7.11. The van der Waals surface area contributed by atoms with Crippen molar-refractivity contribution in [3.05, 3.63) is 0 Å². The van der Waals surface area contributed by atoms with Crippen molar-refractivity contribution < 1.29 is 14.4 Å². The van der Waals surface area contributed by atoms with Crippen LogP contribution in [0.25, 0.3) is 0 Å². The number of amides is 2. The van der Waals surface area contributed by atoms with Gasteiger partial charge in [-0.1, -0.05) is 6.92 Å². The minimum absolute atomic E-state index is 0.0472. The van der Waals surface area contributed by atoms with Crippen molar-refractivity contribution >= 4 is 11.8 Å². The lowest BCUT2D eigenvalue weighted by molar-refractivity contribution is -0.167. The van der Waals surface area contributed by atoms with Gasteiger partial charge in [0, 0.05) is 0 Å². The van der Waals surface area contributed by atoms with Crippen LogP contribution < -0.4 is 11.2 Å². The van der Waals surface area contributed by atoms with E-state index in [-0.39, 0.29) is 17.9 Å². The van der Waals surface area contributed by atoms with E-state index in [0.717, 1.165) is 19.3 Å². The van der Waals surface area contributed by atoms with E-state index in [9.17, 15) is 9.59 Å². The van der Waals surface area contributed by atoms with Gasteiger partial charge in [0.2, 0.25) is 11.8 Å². The maximum Gasteiger partial charge on any atom is 0.249 e. The highest BCUT2D eigenvalue weighted by Gasteiger charge is 2.58. The maximum absolute atomic E-state index is 12.4. The van der Waals surface area contributed by atoms with Crippen LogP contribution in [0.4, 0.5) is 0 Å². The molecule has 0 aliphatic heterocycles. The quantitative estimate of drug-likeness (QED) is 0.748. The Morgan fingerprint density at radius 1 is 1.26 bits per heavy atom. The topological polar surface area (TPSA) is 81.4 Å². The van der Waals surface area contributed by atoms with E-state index in [2.05, 4.69) is 12.4 Å². The molecule has 2 amide bonds. The van der Waals surface area contributed by atoms with Crippen LogP contribution in [-0.4, -0.2) is 18.4 Å². The van der Waals surface area contributed by atoms with Gasteiger partial charge in [-0.25, -0.2) is 5.48 Å². The molecule has 0 heterocycles. The third-order valence-corrected chi connectivity index (χ3v) is 5.21. The van der Waals surface area contributed by atoms with Gasteiger partial charge >= 0.3 is 0 Å². The second kappa shape index (κ2) is 4.20. The first-order valence-corrected chi connectivity index (χ1v) is 7.11. The molecule has 4 fully saturated rings. The summed E-state index contributed by atoms with van der Waals surface area (Å²) < 4.78 is 0. The highest BCUT2D eigenvalue weighted by atomic mass is 16.7. The zero-order valence-corrected chi connectivity index (χ0v) is 11.4. The lowest BCUT2D eigenvalue weighted by Gasteiger charge is -2.60. The van der Waals surface area contributed by atoms with E-state index in [1.807, 2.05) is 0 Å². The fourth-order valence-corrected chi connectivity index (χ4v) is 5.27. The predicted octanol–water partition coefficient (Wildman–Crippen LogP) is 1.13. The van der Waals surface area contributed by atoms with Crippen LogP contribution in [0.5, 0.6) is 0 Å². The molecule has 4 rings (SSSR count). The lowest BCUT2D eigenvalue weighted by atomic mass is 9.44. The molecule has 4 saturated carbocycles. The van der Waals surface area contributed by atoms with E-state index in [1.165, 1.54) is 19.3 Å². The van der Waals surface area contributed by atoms with Crippen molar-refractivity contribution in [1.82, 2.24) is 5.48 Å².